The van der Waals surface area contributed by atoms with E-state index in [0.29, 0.717) is 18.4 Å². The summed E-state index contributed by atoms with van der Waals surface area (Å²) in [5.41, 5.74) is 6.07. The van der Waals surface area contributed by atoms with Crippen LogP contribution in [0.5, 0.6) is 0 Å². The molecular weight excluding hydrogens is 254 g/mol. The number of hydrogen-bond donors (Lipinski definition) is 3. The molecule has 4 N–H and O–H groups in total. The maximum atomic E-state index is 11.0. The van der Waals surface area contributed by atoms with Gasteiger partial charge in [0.05, 0.1) is 11.7 Å². The number of carbonyl (C=O) groups is 1. The molecule has 0 aliphatic carbocycles. The zero-order chi connectivity index (χ0) is 15.0. The van der Waals surface area contributed by atoms with Gasteiger partial charge in [0.2, 0.25) is 0 Å². The average molecular weight is 277 g/mol. The molecule has 0 radical (unpaired) electrons. The van der Waals surface area contributed by atoms with E-state index in [-0.39, 0.29) is 6.04 Å². The summed E-state index contributed by atoms with van der Waals surface area (Å²) in [5, 5.41) is 5.70. The Morgan fingerprint density at radius 1 is 1.45 bits per heavy atom. The molecule has 2 amide bonds. The number of urea groups is 1. The lowest BCUT2D eigenvalue weighted by Gasteiger charge is -2.19. The van der Waals surface area contributed by atoms with Crippen LogP contribution in [0.15, 0.2) is 29.4 Å². The van der Waals surface area contributed by atoms with E-state index in [2.05, 4.69) is 34.5 Å². The van der Waals surface area contributed by atoms with Crippen LogP contribution in [0.1, 0.15) is 38.9 Å². The predicted molar refractivity (Wildman–Crippen MR) is 80.3 cm³/mol. The third-order valence-electron chi connectivity index (χ3n) is 2.62. The summed E-state index contributed by atoms with van der Waals surface area (Å²) < 4.78 is 0. The summed E-state index contributed by atoms with van der Waals surface area (Å²) in [7, 11) is 0. The zero-order valence-corrected chi connectivity index (χ0v) is 12.3. The minimum atomic E-state index is -0.629. The van der Waals surface area contributed by atoms with Gasteiger partial charge in [-0.2, -0.15) is 0 Å². The topological polar surface area (TPSA) is 92.4 Å². The fraction of sp³-hybridized carbons (Fsp3) is 0.500. The second kappa shape index (κ2) is 8.14. The summed E-state index contributed by atoms with van der Waals surface area (Å²) in [6, 6.07) is 5.08. The average Bonchev–Trinajstić information content (AvgIpc) is 2.42. The molecule has 20 heavy (non-hydrogen) atoms. The van der Waals surface area contributed by atoms with Gasteiger partial charge in [-0.3, -0.25) is 15.3 Å². The van der Waals surface area contributed by atoms with E-state index in [4.69, 9.17) is 5.73 Å². The Labute approximate surface area is 119 Å². The van der Waals surface area contributed by atoms with Crippen LogP contribution in [-0.2, 0) is 0 Å². The number of guanidine groups is 1. The number of aromatic nitrogens is 1. The quantitative estimate of drug-likeness (QED) is 0.566. The van der Waals surface area contributed by atoms with Crippen LogP contribution in [0, 0.1) is 5.92 Å². The second-order valence-electron chi connectivity index (χ2n) is 4.93. The fourth-order valence-corrected chi connectivity index (χ4v) is 1.64. The highest BCUT2D eigenvalue weighted by Crippen LogP contribution is 2.12. The van der Waals surface area contributed by atoms with Gasteiger partial charge in [-0.25, -0.2) is 4.79 Å². The molecule has 6 heteroatoms. The van der Waals surface area contributed by atoms with Gasteiger partial charge in [0.15, 0.2) is 5.96 Å². The minimum Gasteiger partial charge on any atom is -0.351 e. The van der Waals surface area contributed by atoms with Crippen molar-refractivity contribution in [2.75, 3.05) is 6.54 Å². The molecule has 0 aliphatic heterocycles. The van der Waals surface area contributed by atoms with Crippen LogP contribution in [0.3, 0.4) is 0 Å². The van der Waals surface area contributed by atoms with Crippen molar-refractivity contribution in [2.45, 2.75) is 33.2 Å². The molecule has 6 nitrogen and oxygen atoms in total. The first-order valence-electron chi connectivity index (χ1n) is 6.81. The van der Waals surface area contributed by atoms with E-state index in [1.807, 2.05) is 25.1 Å². The summed E-state index contributed by atoms with van der Waals surface area (Å²) in [5.74, 6) is 0.792. The maximum absolute atomic E-state index is 11.0. The van der Waals surface area contributed by atoms with Crippen LogP contribution in [0.2, 0.25) is 0 Å². The first kappa shape index (κ1) is 15.9. The molecule has 1 unspecified atom stereocenters. The number of primary amides is 1. The summed E-state index contributed by atoms with van der Waals surface area (Å²) in [4.78, 5) is 19.7. The summed E-state index contributed by atoms with van der Waals surface area (Å²) >= 11 is 0. The molecular formula is C14H23N5O. The molecule has 0 aromatic carbocycles. The van der Waals surface area contributed by atoms with Crippen molar-refractivity contribution in [2.24, 2.45) is 16.6 Å². The van der Waals surface area contributed by atoms with Crippen molar-refractivity contribution in [1.82, 2.24) is 15.6 Å². The van der Waals surface area contributed by atoms with Crippen molar-refractivity contribution in [3.05, 3.63) is 30.1 Å². The Bertz CT molecular complexity index is 444. The van der Waals surface area contributed by atoms with Crippen LogP contribution in [0.4, 0.5) is 4.79 Å². The third-order valence-corrected chi connectivity index (χ3v) is 2.62. The molecule has 0 aliphatic rings. The number of nitrogens with zero attached hydrogens (tertiary/aromatic N) is 2. The number of amides is 2. The van der Waals surface area contributed by atoms with Gasteiger partial charge in [0.1, 0.15) is 0 Å². The molecule has 1 heterocycles. The number of carbonyl (C=O) groups excluding carboxylic acids is 1. The highest BCUT2D eigenvalue weighted by Gasteiger charge is 2.13. The van der Waals surface area contributed by atoms with Crippen molar-refractivity contribution >= 4 is 12.0 Å². The Morgan fingerprint density at radius 3 is 2.70 bits per heavy atom. The monoisotopic (exact) mass is 277 g/mol. The second-order valence-corrected chi connectivity index (χ2v) is 4.93. The lowest BCUT2D eigenvalue weighted by Crippen LogP contribution is -2.45. The molecule has 1 atom stereocenters. The SMILES string of the molecule is CCC(NC(=NCC(C)C)NC(N)=O)c1ccccn1. The number of rotatable bonds is 5. The Kier molecular flexibility index (Phi) is 6.49. The van der Waals surface area contributed by atoms with E-state index >= 15 is 0 Å². The van der Waals surface area contributed by atoms with E-state index in [9.17, 15) is 4.79 Å². The smallest absolute Gasteiger partial charge is 0.318 e. The van der Waals surface area contributed by atoms with Gasteiger partial charge in [0.25, 0.3) is 0 Å². The zero-order valence-electron chi connectivity index (χ0n) is 12.3. The fourth-order valence-electron chi connectivity index (χ4n) is 1.64. The van der Waals surface area contributed by atoms with Gasteiger partial charge in [0, 0.05) is 12.7 Å². The highest BCUT2D eigenvalue weighted by molar-refractivity contribution is 5.95. The van der Waals surface area contributed by atoms with E-state index in [1.54, 1.807) is 6.20 Å². The molecule has 0 spiro atoms. The minimum absolute atomic E-state index is 0.0195. The van der Waals surface area contributed by atoms with Crippen LogP contribution in [-0.4, -0.2) is 23.5 Å². The van der Waals surface area contributed by atoms with Gasteiger partial charge >= 0.3 is 6.03 Å². The molecule has 1 rings (SSSR count). The van der Waals surface area contributed by atoms with E-state index in [1.165, 1.54) is 0 Å². The summed E-state index contributed by atoms with van der Waals surface area (Å²) in [6.45, 7) is 6.76. The van der Waals surface area contributed by atoms with Crippen molar-refractivity contribution in [3.63, 3.8) is 0 Å². The number of pyridine rings is 1. The van der Waals surface area contributed by atoms with Gasteiger partial charge < -0.3 is 11.1 Å². The molecule has 110 valence electrons. The number of hydrogen-bond acceptors (Lipinski definition) is 3. The van der Waals surface area contributed by atoms with Crippen LogP contribution in [0.25, 0.3) is 0 Å². The highest BCUT2D eigenvalue weighted by atomic mass is 16.2. The molecule has 1 aromatic heterocycles. The number of nitrogens with two attached hydrogens (primary N) is 1. The molecule has 1 aromatic rings. The normalized spacial score (nSPS) is 13.1. The molecule has 0 fully saturated rings. The molecule has 0 bridgehead atoms. The van der Waals surface area contributed by atoms with Crippen molar-refractivity contribution < 1.29 is 4.79 Å². The lowest BCUT2D eigenvalue weighted by atomic mass is 10.1. The Hall–Kier alpha value is -2.11. The number of aliphatic imine (C=N–C) groups is 1. The first-order chi connectivity index (χ1) is 9.52. The standard InChI is InChI=1S/C14H23N5O/c1-4-11(12-7-5-6-8-16-12)18-14(19-13(15)20)17-9-10(2)3/h5-8,10-11H,4,9H2,1-3H3,(H4,15,17,18,19,20). The maximum Gasteiger partial charge on any atom is 0.318 e. The van der Waals surface area contributed by atoms with Gasteiger partial charge in [-0.1, -0.05) is 26.8 Å². The third kappa shape index (κ3) is 5.69. The van der Waals surface area contributed by atoms with Crippen molar-refractivity contribution in [3.8, 4) is 0 Å². The Balaban J connectivity index is 2.80. The Morgan fingerprint density at radius 2 is 2.20 bits per heavy atom. The predicted octanol–water partition coefficient (Wildman–Crippen LogP) is 1.80. The molecule has 0 saturated carbocycles. The summed E-state index contributed by atoms with van der Waals surface area (Å²) in [6.07, 6.45) is 2.56. The van der Waals surface area contributed by atoms with Gasteiger partial charge in [-0.05, 0) is 24.5 Å². The van der Waals surface area contributed by atoms with E-state index in [0.717, 1.165) is 12.1 Å². The number of nitrogens with one attached hydrogen (secondary N) is 2. The molecule has 0 saturated heterocycles. The van der Waals surface area contributed by atoms with Gasteiger partial charge in [-0.15, -0.1) is 0 Å². The van der Waals surface area contributed by atoms with E-state index < -0.39 is 6.03 Å². The van der Waals surface area contributed by atoms with Crippen molar-refractivity contribution in [1.29, 1.82) is 0 Å². The van der Waals surface area contributed by atoms with Crippen LogP contribution >= 0.6 is 0 Å². The lowest BCUT2D eigenvalue weighted by molar-refractivity contribution is 0.252. The first-order valence-corrected chi connectivity index (χ1v) is 6.81. The largest absolute Gasteiger partial charge is 0.351 e. The van der Waals surface area contributed by atoms with Crippen LogP contribution < -0.4 is 16.4 Å².